The Balaban J connectivity index is 1.66. The van der Waals surface area contributed by atoms with E-state index in [-0.39, 0.29) is 0 Å². The zero-order chi connectivity index (χ0) is 14.6. The molecule has 0 heterocycles. The van der Waals surface area contributed by atoms with E-state index in [0.29, 0.717) is 4.83 Å². The lowest BCUT2D eigenvalue weighted by Crippen LogP contribution is -2.00. The molecule has 4 rings (SSSR count). The lowest BCUT2D eigenvalue weighted by Gasteiger charge is -2.14. The highest BCUT2D eigenvalue weighted by Gasteiger charge is 2.56. The van der Waals surface area contributed by atoms with Gasteiger partial charge in [-0.3, -0.25) is 0 Å². The fourth-order valence-electron chi connectivity index (χ4n) is 3.95. The van der Waals surface area contributed by atoms with E-state index in [9.17, 15) is 0 Å². The summed E-state index contributed by atoms with van der Waals surface area (Å²) in [6.45, 7) is 0. The van der Waals surface area contributed by atoms with Crippen molar-refractivity contribution in [2.75, 3.05) is 0 Å². The van der Waals surface area contributed by atoms with E-state index in [1.165, 1.54) is 22.9 Å². The van der Waals surface area contributed by atoms with Gasteiger partial charge in [-0.25, -0.2) is 0 Å². The standard InChI is InChI=1S/C18H15Br3/c19-11-6-8-15(20)14(9-11)18(21)17-13-7-5-10-3-1-2-4-12(10)16(13)17/h1-4,6,8-9,13,16-18H,5,7H2. The molecule has 0 saturated heterocycles. The minimum absolute atomic E-state index is 0.422. The van der Waals surface area contributed by atoms with Crippen LogP contribution in [0.4, 0.5) is 0 Å². The van der Waals surface area contributed by atoms with Crippen LogP contribution < -0.4 is 0 Å². The molecule has 1 fully saturated rings. The van der Waals surface area contributed by atoms with Gasteiger partial charge in [0.05, 0.1) is 0 Å². The van der Waals surface area contributed by atoms with Gasteiger partial charge < -0.3 is 0 Å². The van der Waals surface area contributed by atoms with Gasteiger partial charge >= 0.3 is 0 Å². The molecular formula is C18H15Br3. The first-order chi connectivity index (χ1) is 10.2. The molecule has 0 nitrogen and oxygen atoms in total. The van der Waals surface area contributed by atoms with Crippen LogP contribution in [0.5, 0.6) is 0 Å². The Hall–Kier alpha value is -0.120. The Morgan fingerprint density at radius 1 is 1.05 bits per heavy atom. The van der Waals surface area contributed by atoms with E-state index in [4.69, 9.17) is 0 Å². The predicted molar refractivity (Wildman–Crippen MR) is 98.0 cm³/mol. The number of rotatable bonds is 2. The molecule has 1 saturated carbocycles. The van der Waals surface area contributed by atoms with E-state index in [0.717, 1.165) is 22.2 Å². The molecule has 0 aliphatic heterocycles. The van der Waals surface area contributed by atoms with Gasteiger partial charge in [-0.15, -0.1) is 0 Å². The molecule has 0 radical (unpaired) electrons. The largest absolute Gasteiger partial charge is 0.0835 e. The van der Waals surface area contributed by atoms with Crippen molar-refractivity contribution in [1.29, 1.82) is 0 Å². The minimum atomic E-state index is 0.422. The number of fused-ring (bicyclic) bond motifs is 3. The maximum atomic E-state index is 3.99. The zero-order valence-corrected chi connectivity index (χ0v) is 16.2. The quantitative estimate of drug-likeness (QED) is 0.432. The van der Waals surface area contributed by atoms with Gasteiger partial charge in [-0.05, 0) is 65.5 Å². The number of hydrogen-bond donors (Lipinski definition) is 0. The van der Waals surface area contributed by atoms with Gasteiger partial charge in [-0.2, -0.15) is 0 Å². The molecule has 108 valence electrons. The molecule has 0 aromatic heterocycles. The highest BCUT2D eigenvalue weighted by Crippen LogP contribution is 2.66. The highest BCUT2D eigenvalue weighted by molar-refractivity contribution is 9.11. The van der Waals surface area contributed by atoms with Crippen molar-refractivity contribution in [1.82, 2.24) is 0 Å². The van der Waals surface area contributed by atoms with Crippen molar-refractivity contribution in [2.45, 2.75) is 23.6 Å². The summed E-state index contributed by atoms with van der Waals surface area (Å²) in [5.41, 5.74) is 4.52. The first-order valence-electron chi connectivity index (χ1n) is 7.33. The van der Waals surface area contributed by atoms with E-state index in [1.54, 1.807) is 11.1 Å². The third-order valence-electron chi connectivity index (χ3n) is 4.98. The molecule has 0 N–H and O–H groups in total. The molecule has 0 bridgehead atoms. The predicted octanol–water partition coefficient (Wildman–Crippen LogP) is 6.62. The summed E-state index contributed by atoms with van der Waals surface area (Å²) in [4.78, 5) is 0.422. The number of alkyl halides is 1. The average molecular weight is 471 g/mol. The maximum absolute atomic E-state index is 3.99. The highest BCUT2D eigenvalue weighted by atomic mass is 79.9. The number of halogens is 3. The summed E-state index contributed by atoms with van der Waals surface area (Å²) in [6.07, 6.45) is 2.58. The second-order valence-corrected chi connectivity index (χ2v) is 8.83. The molecule has 3 heteroatoms. The van der Waals surface area contributed by atoms with Gasteiger partial charge in [0.2, 0.25) is 0 Å². The first kappa shape index (κ1) is 14.5. The second-order valence-electron chi connectivity index (χ2n) is 6.07. The van der Waals surface area contributed by atoms with Crippen molar-refractivity contribution >= 4 is 47.8 Å². The molecule has 2 aromatic rings. The third kappa shape index (κ3) is 2.46. The van der Waals surface area contributed by atoms with E-state index < -0.39 is 0 Å². The lowest BCUT2D eigenvalue weighted by molar-refractivity contribution is 0.627. The van der Waals surface area contributed by atoms with Crippen LogP contribution in [0.3, 0.4) is 0 Å². The van der Waals surface area contributed by atoms with Crippen LogP contribution in [0.15, 0.2) is 51.4 Å². The van der Waals surface area contributed by atoms with Crippen molar-refractivity contribution in [3.63, 3.8) is 0 Å². The normalized spacial score (nSPS) is 27.7. The van der Waals surface area contributed by atoms with Crippen LogP contribution in [-0.4, -0.2) is 0 Å². The van der Waals surface area contributed by atoms with Gasteiger partial charge in [0, 0.05) is 13.8 Å². The van der Waals surface area contributed by atoms with E-state index >= 15 is 0 Å². The van der Waals surface area contributed by atoms with Crippen LogP contribution in [0.1, 0.15) is 33.9 Å². The summed E-state index contributed by atoms with van der Waals surface area (Å²) < 4.78 is 2.35. The summed E-state index contributed by atoms with van der Waals surface area (Å²) in [5.74, 6) is 2.31. The van der Waals surface area contributed by atoms with Gasteiger partial charge in [0.25, 0.3) is 0 Å². The smallest absolute Gasteiger partial charge is 0.0443 e. The summed E-state index contributed by atoms with van der Waals surface area (Å²) >= 11 is 11.3. The molecular weight excluding hydrogens is 456 g/mol. The molecule has 21 heavy (non-hydrogen) atoms. The van der Waals surface area contributed by atoms with Crippen LogP contribution >= 0.6 is 47.8 Å². The molecule has 0 spiro atoms. The van der Waals surface area contributed by atoms with E-state index in [1.807, 2.05) is 0 Å². The SMILES string of the molecule is Brc1ccc(Br)c(C(Br)C2C3CCc4ccccc4C32)c1. The zero-order valence-electron chi connectivity index (χ0n) is 11.4. The Bertz CT molecular complexity index is 695. The van der Waals surface area contributed by atoms with Crippen molar-refractivity contribution in [3.8, 4) is 0 Å². The van der Waals surface area contributed by atoms with Crippen LogP contribution in [0, 0.1) is 11.8 Å². The molecule has 4 unspecified atom stereocenters. The van der Waals surface area contributed by atoms with Crippen LogP contribution in [0.25, 0.3) is 0 Å². The Morgan fingerprint density at radius 3 is 2.71 bits per heavy atom. The van der Waals surface area contributed by atoms with Crippen LogP contribution in [-0.2, 0) is 6.42 Å². The summed E-state index contributed by atoms with van der Waals surface area (Å²) in [7, 11) is 0. The average Bonchev–Trinajstić information content (AvgIpc) is 3.24. The molecule has 2 aromatic carbocycles. The van der Waals surface area contributed by atoms with Crippen molar-refractivity contribution < 1.29 is 0 Å². The summed E-state index contributed by atoms with van der Waals surface area (Å²) in [6, 6.07) is 15.5. The van der Waals surface area contributed by atoms with Gasteiger partial charge in [-0.1, -0.05) is 72.1 Å². The monoisotopic (exact) mass is 468 g/mol. The second kappa shape index (κ2) is 5.50. The Morgan fingerprint density at radius 2 is 1.86 bits per heavy atom. The third-order valence-corrected chi connectivity index (χ3v) is 7.30. The van der Waals surface area contributed by atoms with Gasteiger partial charge in [0.15, 0.2) is 0 Å². The lowest BCUT2D eigenvalue weighted by atomic mass is 9.92. The minimum Gasteiger partial charge on any atom is -0.0835 e. The molecule has 2 aliphatic carbocycles. The summed E-state index contributed by atoms with van der Waals surface area (Å²) in [5, 5.41) is 0. The fourth-order valence-corrected chi connectivity index (χ4v) is 6.23. The molecule has 4 atom stereocenters. The number of hydrogen-bond acceptors (Lipinski definition) is 0. The van der Waals surface area contributed by atoms with Crippen molar-refractivity contribution in [2.24, 2.45) is 11.8 Å². The van der Waals surface area contributed by atoms with Crippen LogP contribution in [0.2, 0.25) is 0 Å². The Kier molecular flexibility index (Phi) is 3.79. The Labute approximate surface area is 150 Å². The number of aryl methyl sites for hydroxylation is 1. The maximum Gasteiger partial charge on any atom is 0.0443 e. The molecule has 2 aliphatic rings. The molecule has 0 amide bonds. The van der Waals surface area contributed by atoms with Gasteiger partial charge in [0.1, 0.15) is 0 Å². The van der Waals surface area contributed by atoms with E-state index in [2.05, 4.69) is 90.3 Å². The fraction of sp³-hybridized carbons (Fsp3) is 0.333. The topological polar surface area (TPSA) is 0 Å². The van der Waals surface area contributed by atoms with Crippen molar-refractivity contribution in [3.05, 3.63) is 68.1 Å². The number of benzene rings is 2. The first-order valence-corrected chi connectivity index (χ1v) is 9.84.